The molecule has 1 saturated heterocycles. The van der Waals surface area contributed by atoms with Gasteiger partial charge in [0.15, 0.2) is 0 Å². The Morgan fingerprint density at radius 3 is 2.58 bits per heavy atom. The van der Waals surface area contributed by atoms with Crippen LogP contribution < -0.4 is 10.2 Å². The van der Waals surface area contributed by atoms with Gasteiger partial charge in [-0.15, -0.1) is 0 Å². The molecule has 0 aliphatic carbocycles. The number of para-hydroxylation sites is 1. The lowest BCUT2D eigenvalue weighted by molar-refractivity contribution is -0.121. The Morgan fingerprint density at radius 1 is 1.12 bits per heavy atom. The molecular formula is C20H22N2O2. The lowest BCUT2D eigenvalue weighted by atomic mass is 10.1. The molecule has 1 atom stereocenters. The third-order valence-electron chi connectivity index (χ3n) is 4.47. The quantitative estimate of drug-likeness (QED) is 0.920. The first-order valence-corrected chi connectivity index (χ1v) is 8.30. The molecule has 1 aliphatic heterocycles. The molecule has 0 saturated carbocycles. The maximum Gasteiger partial charge on any atom is 0.227 e. The number of nitrogens with zero attached hydrogens (tertiary/aromatic N) is 1. The fourth-order valence-corrected chi connectivity index (χ4v) is 3.08. The van der Waals surface area contributed by atoms with Crippen molar-refractivity contribution in [3.05, 3.63) is 65.7 Å². The summed E-state index contributed by atoms with van der Waals surface area (Å²) in [7, 11) is 0. The maximum atomic E-state index is 12.2. The molecule has 24 heavy (non-hydrogen) atoms. The summed E-state index contributed by atoms with van der Waals surface area (Å²) < 4.78 is 0. The Morgan fingerprint density at radius 2 is 1.83 bits per heavy atom. The molecule has 0 spiro atoms. The van der Waals surface area contributed by atoms with Crippen LogP contribution in [0, 0.1) is 12.8 Å². The Hall–Kier alpha value is -2.62. The van der Waals surface area contributed by atoms with E-state index in [1.54, 1.807) is 4.90 Å². The first kappa shape index (κ1) is 16.2. The van der Waals surface area contributed by atoms with Gasteiger partial charge in [0.1, 0.15) is 0 Å². The van der Waals surface area contributed by atoms with Crippen molar-refractivity contribution in [2.24, 2.45) is 5.92 Å². The van der Waals surface area contributed by atoms with Gasteiger partial charge in [-0.3, -0.25) is 9.59 Å². The Balaban J connectivity index is 1.52. The van der Waals surface area contributed by atoms with Crippen molar-refractivity contribution in [1.82, 2.24) is 5.32 Å². The van der Waals surface area contributed by atoms with Crippen LogP contribution in [0.4, 0.5) is 5.69 Å². The summed E-state index contributed by atoms with van der Waals surface area (Å²) in [5, 5.41) is 2.98. The second kappa shape index (κ2) is 7.30. The van der Waals surface area contributed by atoms with E-state index in [0.29, 0.717) is 25.9 Å². The van der Waals surface area contributed by atoms with Gasteiger partial charge in [-0.1, -0.05) is 42.5 Å². The highest BCUT2D eigenvalue weighted by Crippen LogP contribution is 2.24. The summed E-state index contributed by atoms with van der Waals surface area (Å²) in [5.74, 6) is 0.299. The number of aryl methyl sites for hydroxylation is 1. The van der Waals surface area contributed by atoms with Crippen LogP contribution in [0.25, 0.3) is 0 Å². The van der Waals surface area contributed by atoms with E-state index in [1.807, 2.05) is 61.5 Å². The highest BCUT2D eigenvalue weighted by Gasteiger charge is 2.30. The van der Waals surface area contributed by atoms with E-state index < -0.39 is 0 Å². The minimum Gasteiger partial charge on any atom is -0.355 e. The summed E-state index contributed by atoms with van der Waals surface area (Å²) >= 11 is 0. The molecule has 1 fully saturated rings. The molecule has 0 radical (unpaired) electrons. The number of nitrogens with one attached hydrogen (secondary N) is 1. The molecular weight excluding hydrogens is 300 g/mol. The molecule has 0 bridgehead atoms. The van der Waals surface area contributed by atoms with Gasteiger partial charge in [-0.25, -0.2) is 0 Å². The van der Waals surface area contributed by atoms with Crippen LogP contribution in [0.2, 0.25) is 0 Å². The number of hydrogen-bond donors (Lipinski definition) is 1. The molecule has 124 valence electrons. The fraction of sp³-hybridized carbons (Fsp3) is 0.300. The standard InChI is InChI=1S/C20H22N2O2/c1-15-7-5-6-8-17(15)12-19(23)21-13-16-11-20(24)22(14-16)18-9-3-2-4-10-18/h2-10,16H,11-14H2,1H3,(H,21,23). The predicted octanol–water partition coefficient (Wildman–Crippen LogP) is 2.71. The van der Waals surface area contributed by atoms with Crippen LogP contribution in [-0.4, -0.2) is 24.9 Å². The molecule has 2 aromatic rings. The third kappa shape index (κ3) is 3.82. The SMILES string of the molecule is Cc1ccccc1CC(=O)NCC1CC(=O)N(c2ccccc2)C1. The van der Waals surface area contributed by atoms with E-state index in [4.69, 9.17) is 0 Å². The summed E-state index contributed by atoms with van der Waals surface area (Å²) in [6.45, 7) is 3.21. The molecule has 1 aliphatic rings. The number of amides is 2. The lowest BCUT2D eigenvalue weighted by Gasteiger charge is -2.17. The van der Waals surface area contributed by atoms with Crippen molar-refractivity contribution in [2.45, 2.75) is 19.8 Å². The van der Waals surface area contributed by atoms with Gasteiger partial charge >= 0.3 is 0 Å². The summed E-state index contributed by atoms with van der Waals surface area (Å²) in [6, 6.07) is 17.6. The number of rotatable bonds is 5. The largest absolute Gasteiger partial charge is 0.355 e. The molecule has 0 aromatic heterocycles. The molecule has 2 aromatic carbocycles. The average Bonchev–Trinajstić information content (AvgIpc) is 2.97. The van der Waals surface area contributed by atoms with E-state index >= 15 is 0 Å². The minimum absolute atomic E-state index is 0.00918. The number of benzene rings is 2. The molecule has 4 heteroatoms. The van der Waals surface area contributed by atoms with Crippen molar-refractivity contribution in [3.63, 3.8) is 0 Å². The number of hydrogen-bond acceptors (Lipinski definition) is 2. The van der Waals surface area contributed by atoms with Crippen molar-refractivity contribution < 1.29 is 9.59 Å². The van der Waals surface area contributed by atoms with Crippen molar-refractivity contribution in [3.8, 4) is 0 Å². The fourth-order valence-electron chi connectivity index (χ4n) is 3.08. The van der Waals surface area contributed by atoms with E-state index in [2.05, 4.69) is 5.32 Å². The van der Waals surface area contributed by atoms with Crippen LogP contribution in [0.5, 0.6) is 0 Å². The van der Waals surface area contributed by atoms with E-state index in [-0.39, 0.29) is 17.7 Å². The van der Waals surface area contributed by atoms with Crippen LogP contribution in [-0.2, 0) is 16.0 Å². The van der Waals surface area contributed by atoms with Gasteiger partial charge in [0.25, 0.3) is 0 Å². The summed E-state index contributed by atoms with van der Waals surface area (Å²) in [5.41, 5.74) is 3.10. The zero-order chi connectivity index (χ0) is 16.9. The van der Waals surface area contributed by atoms with Crippen LogP contribution in [0.1, 0.15) is 17.5 Å². The zero-order valence-electron chi connectivity index (χ0n) is 13.9. The van der Waals surface area contributed by atoms with Crippen molar-refractivity contribution in [1.29, 1.82) is 0 Å². The molecule has 2 amide bonds. The number of carbonyl (C=O) groups is 2. The lowest BCUT2D eigenvalue weighted by Crippen LogP contribution is -2.32. The van der Waals surface area contributed by atoms with E-state index in [9.17, 15) is 9.59 Å². The first-order chi connectivity index (χ1) is 11.6. The second-order valence-corrected chi connectivity index (χ2v) is 6.32. The third-order valence-corrected chi connectivity index (χ3v) is 4.47. The highest BCUT2D eigenvalue weighted by molar-refractivity contribution is 5.95. The molecule has 1 unspecified atom stereocenters. The first-order valence-electron chi connectivity index (χ1n) is 8.30. The second-order valence-electron chi connectivity index (χ2n) is 6.32. The minimum atomic E-state index is 0.00918. The molecule has 1 N–H and O–H groups in total. The van der Waals surface area contributed by atoms with Gasteiger partial charge in [0.05, 0.1) is 6.42 Å². The van der Waals surface area contributed by atoms with Gasteiger partial charge in [0.2, 0.25) is 11.8 Å². The number of anilines is 1. The summed E-state index contributed by atoms with van der Waals surface area (Å²) in [4.78, 5) is 26.1. The smallest absolute Gasteiger partial charge is 0.227 e. The molecule has 4 nitrogen and oxygen atoms in total. The molecule has 3 rings (SSSR count). The predicted molar refractivity (Wildman–Crippen MR) is 94.8 cm³/mol. The van der Waals surface area contributed by atoms with Gasteiger partial charge in [0, 0.05) is 31.1 Å². The zero-order valence-corrected chi connectivity index (χ0v) is 13.9. The van der Waals surface area contributed by atoms with E-state index in [0.717, 1.165) is 16.8 Å². The van der Waals surface area contributed by atoms with Crippen molar-refractivity contribution >= 4 is 17.5 Å². The average molecular weight is 322 g/mol. The normalized spacial score (nSPS) is 17.1. The van der Waals surface area contributed by atoms with E-state index in [1.165, 1.54) is 0 Å². The van der Waals surface area contributed by atoms with Gasteiger partial charge < -0.3 is 10.2 Å². The summed E-state index contributed by atoms with van der Waals surface area (Å²) in [6.07, 6.45) is 0.870. The number of carbonyl (C=O) groups excluding carboxylic acids is 2. The van der Waals surface area contributed by atoms with Gasteiger partial charge in [-0.05, 0) is 30.2 Å². The maximum absolute atomic E-state index is 12.2. The van der Waals surface area contributed by atoms with Crippen LogP contribution >= 0.6 is 0 Å². The van der Waals surface area contributed by atoms with Crippen LogP contribution in [0.15, 0.2) is 54.6 Å². The highest BCUT2D eigenvalue weighted by atomic mass is 16.2. The van der Waals surface area contributed by atoms with Crippen molar-refractivity contribution in [2.75, 3.05) is 18.0 Å². The van der Waals surface area contributed by atoms with Crippen LogP contribution in [0.3, 0.4) is 0 Å². The Labute approximate surface area is 142 Å². The van der Waals surface area contributed by atoms with Gasteiger partial charge in [-0.2, -0.15) is 0 Å². The molecule has 1 heterocycles. The Kier molecular flexibility index (Phi) is 4.94. The topological polar surface area (TPSA) is 49.4 Å². The Bertz CT molecular complexity index is 727. The monoisotopic (exact) mass is 322 g/mol.